The molecule has 2 rings (SSSR count). The maximum atomic E-state index is 6.05. The summed E-state index contributed by atoms with van der Waals surface area (Å²) in [6.07, 6.45) is 1.68. The Morgan fingerprint density at radius 3 is 2.71 bits per heavy atom. The van der Waals surface area contributed by atoms with Gasteiger partial charge in [0.2, 0.25) is 5.28 Å². The summed E-state index contributed by atoms with van der Waals surface area (Å²) in [6.45, 7) is 3.86. The van der Waals surface area contributed by atoms with Gasteiger partial charge in [-0.15, -0.1) is 0 Å². The largest absolute Gasteiger partial charge is 0.340 e. The summed E-state index contributed by atoms with van der Waals surface area (Å²) in [5.41, 5.74) is 2.81. The van der Waals surface area contributed by atoms with E-state index in [0.29, 0.717) is 10.8 Å². The smallest absolute Gasteiger partial charge is 0.224 e. The van der Waals surface area contributed by atoms with Gasteiger partial charge in [-0.2, -0.15) is 0 Å². The molecule has 88 valence electrons. The molecule has 1 aromatic carbocycles. The summed E-state index contributed by atoms with van der Waals surface area (Å²) >= 11 is 11.8. The van der Waals surface area contributed by atoms with E-state index >= 15 is 0 Å². The van der Waals surface area contributed by atoms with Gasteiger partial charge in [0.05, 0.1) is 0 Å². The Balaban J connectivity index is 2.38. The molecule has 0 atom stereocenters. The van der Waals surface area contributed by atoms with Crippen molar-refractivity contribution >= 4 is 34.7 Å². The highest BCUT2D eigenvalue weighted by Crippen LogP contribution is 2.26. The first kappa shape index (κ1) is 12.1. The number of hydrogen-bond acceptors (Lipinski definition) is 3. The number of halogens is 2. The summed E-state index contributed by atoms with van der Waals surface area (Å²) in [5, 5.41) is 4.14. The van der Waals surface area contributed by atoms with Gasteiger partial charge >= 0.3 is 0 Å². The second-order valence-corrected chi connectivity index (χ2v) is 4.45. The third-order valence-corrected chi connectivity index (χ3v) is 3.05. The van der Waals surface area contributed by atoms with Crippen LogP contribution in [0.3, 0.4) is 0 Å². The fourth-order valence-electron chi connectivity index (χ4n) is 1.42. The summed E-state index contributed by atoms with van der Waals surface area (Å²) in [7, 11) is 0. The number of benzene rings is 1. The zero-order valence-corrected chi connectivity index (χ0v) is 11.0. The Morgan fingerprint density at radius 1 is 1.18 bits per heavy atom. The van der Waals surface area contributed by atoms with Crippen molar-refractivity contribution in [3.8, 4) is 0 Å². The van der Waals surface area contributed by atoms with E-state index in [9.17, 15) is 0 Å². The maximum Gasteiger partial charge on any atom is 0.224 e. The Bertz CT molecular complexity index is 555. The van der Waals surface area contributed by atoms with Gasteiger partial charge in [-0.05, 0) is 43.1 Å². The molecule has 0 aliphatic carbocycles. The van der Waals surface area contributed by atoms with Crippen LogP contribution in [0.1, 0.15) is 11.1 Å². The highest BCUT2D eigenvalue weighted by Gasteiger charge is 2.06. The van der Waals surface area contributed by atoms with E-state index in [1.807, 2.05) is 32.0 Å². The van der Waals surface area contributed by atoms with E-state index in [4.69, 9.17) is 23.2 Å². The monoisotopic (exact) mass is 267 g/mol. The molecule has 5 heteroatoms. The van der Waals surface area contributed by atoms with Crippen LogP contribution in [0.15, 0.2) is 24.4 Å². The zero-order valence-electron chi connectivity index (χ0n) is 9.46. The van der Waals surface area contributed by atoms with Gasteiger partial charge in [-0.25, -0.2) is 9.97 Å². The average Bonchev–Trinajstić information content (AvgIpc) is 2.30. The van der Waals surface area contributed by atoms with E-state index in [1.165, 1.54) is 0 Å². The fraction of sp³-hybridized carbons (Fsp3) is 0.167. The molecule has 0 aliphatic rings. The molecule has 2 aromatic rings. The van der Waals surface area contributed by atoms with Gasteiger partial charge in [-0.3, -0.25) is 0 Å². The maximum absolute atomic E-state index is 6.05. The van der Waals surface area contributed by atoms with Crippen molar-refractivity contribution in [3.63, 3.8) is 0 Å². The van der Waals surface area contributed by atoms with E-state index in [1.54, 1.807) is 6.20 Å². The molecule has 3 nitrogen and oxygen atoms in total. The third kappa shape index (κ3) is 2.68. The molecular formula is C12H11Cl2N3. The minimum Gasteiger partial charge on any atom is -0.340 e. The number of aryl methyl sites for hydroxylation is 1. The molecule has 0 amide bonds. The predicted octanol–water partition coefficient (Wildman–Crippen LogP) is 4.14. The lowest BCUT2D eigenvalue weighted by Gasteiger charge is -2.11. The van der Waals surface area contributed by atoms with Crippen molar-refractivity contribution in [3.05, 3.63) is 45.8 Å². The van der Waals surface area contributed by atoms with Crippen LogP contribution in [-0.2, 0) is 0 Å². The first-order chi connectivity index (χ1) is 8.08. The fourth-order valence-corrected chi connectivity index (χ4v) is 1.73. The van der Waals surface area contributed by atoms with Crippen LogP contribution in [0.2, 0.25) is 10.3 Å². The molecule has 1 N–H and O–H groups in total. The molecular weight excluding hydrogens is 257 g/mol. The zero-order chi connectivity index (χ0) is 12.4. The second-order valence-electron chi connectivity index (χ2n) is 3.71. The topological polar surface area (TPSA) is 37.8 Å². The van der Waals surface area contributed by atoms with Crippen molar-refractivity contribution in [2.75, 3.05) is 5.32 Å². The molecule has 0 radical (unpaired) electrons. The molecule has 0 fully saturated rings. The quantitative estimate of drug-likeness (QED) is 0.831. The molecule has 0 saturated carbocycles. The third-order valence-electron chi connectivity index (χ3n) is 2.46. The minimum atomic E-state index is 0.220. The van der Waals surface area contributed by atoms with Crippen LogP contribution in [-0.4, -0.2) is 9.97 Å². The lowest BCUT2D eigenvalue weighted by molar-refractivity contribution is 1.13. The van der Waals surface area contributed by atoms with Crippen LogP contribution in [0.4, 0.5) is 11.5 Å². The average molecular weight is 268 g/mol. The summed E-state index contributed by atoms with van der Waals surface area (Å²) in [6, 6.07) is 5.67. The highest BCUT2D eigenvalue weighted by molar-refractivity contribution is 6.31. The van der Waals surface area contributed by atoms with Crippen LogP contribution in [0.5, 0.6) is 0 Å². The van der Waals surface area contributed by atoms with Crippen LogP contribution < -0.4 is 5.32 Å². The first-order valence-electron chi connectivity index (χ1n) is 5.09. The standard InChI is InChI=1S/C12H11Cl2N3/c1-7-6-15-12(14)17-11(7)16-10-5-3-4-9(13)8(10)2/h3-6H,1-2H3,(H,15,16,17). The predicted molar refractivity (Wildman–Crippen MR) is 71.3 cm³/mol. The molecule has 0 bridgehead atoms. The molecule has 0 spiro atoms. The summed E-state index contributed by atoms with van der Waals surface area (Å²) < 4.78 is 0. The van der Waals surface area contributed by atoms with Gasteiger partial charge < -0.3 is 5.32 Å². The van der Waals surface area contributed by atoms with E-state index in [0.717, 1.165) is 16.8 Å². The number of hydrogen-bond donors (Lipinski definition) is 1. The van der Waals surface area contributed by atoms with Crippen molar-refractivity contribution in [1.29, 1.82) is 0 Å². The van der Waals surface area contributed by atoms with Gasteiger partial charge in [0.1, 0.15) is 5.82 Å². The molecule has 1 aromatic heterocycles. The van der Waals surface area contributed by atoms with Gasteiger partial charge in [0, 0.05) is 22.5 Å². The number of nitrogens with zero attached hydrogens (tertiary/aromatic N) is 2. The first-order valence-corrected chi connectivity index (χ1v) is 5.85. The lowest BCUT2D eigenvalue weighted by Crippen LogP contribution is -1.99. The number of aromatic nitrogens is 2. The normalized spacial score (nSPS) is 10.4. The Kier molecular flexibility index (Phi) is 3.50. The second kappa shape index (κ2) is 4.90. The molecule has 1 heterocycles. The molecule has 17 heavy (non-hydrogen) atoms. The van der Waals surface area contributed by atoms with Crippen molar-refractivity contribution in [2.45, 2.75) is 13.8 Å². The Labute approximate surface area is 110 Å². The number of rotatable bonds is 2. The van der Waals surface area contributed by atoms with Crippen LogP contribution in [0, 0.1) is 13.8 Å². The SMILES string of the molecule is Cc1cnc(Cl)nc1Nc1cccc(Cl)c1C. The van der Waals surface area contributed by atoms with Crippen LogP contribution in [0.25, 0.3) is 0 Å². The van der Waals surface area contributed by atoms with E-state index < -0.39 is 0 Å². The van der Waals surface area contributed by atoms with E-state index in [-0.39, 0.29) is 5.28 Å². The molecule has 0 saturated heterocycles. The van der Waals surface area contributed by atoms with Gasteiger partial charge in [0.25, 0.3) is 0 Å². The number of nitrogens with one attached hydrogen (secondary N) is 1. The summed E-state index contributed by atoms with van der Waals surface area (Å²) in [5.74, 6) is 0.690. The Hall–Kier alpha value is -1.32. The highest BCUT2D eigenvalue weighted by atomic mass is 35.5. The van der Waals surface area contributed by atoms with Gasteiger partial charge in [-0.1, -0.05) is 17.7 Å². The van der Waals surface area contributed by atoms with Gasteiger partial charge in [0.15, 0.2) is 0 Å². The van der Waals surface area contributed by atoms with Crippen LogP contribution >= 0.6 is 23.2 Å². The minimum absolute atomic E-state index is 0.220. The van der Waals surface area contributed by atoms with Crippen molar-refractivity contribution in [1.82, 2.24) is 9.97 Å². The molecule has 0 unspecified atom stereocenters. The summed E-state index contributed by atoms with van der Waals surface area (Å²) in [4.78, 5) is 8.05. The number of anilines is 2. The molecule has 0 aliphatic heterocycles. The Morgan fingerprint density at radius 2 is 1.94 bits per heavy atom. The van der Waals surface area contributed by atoms with Crippen molar-refractivity contribution in [2.24, 2.45) is 0 Å². The van der Waals surface area contributed by atoms with E-state index in [2.05, 4.69) is 15.3 Å². The van der Waals surface area contributed by atoms with Crippen molar-refractivity contribution < 1.29 is 0 Å². The lowest BCUT2D eigenvalue weighted by atomic mass is 10.2.